The first-order valence-corrected chi connectivity index (χ1v) is 5.98. The number of hydrogen-bond donors (Lipinski definition) is 2. The quantitative estimate of drug-likeness (QED) is 0.846. The molecule has 7 heteroatoms. The van der Waals surface area contributed by atoms with Crippen LogP contribution in [0.25, 0.3) is 0 Å². The first-order chi connectivity index (χ1) is 9.19. The highest BCUT2D eigenvalue weighted by Crippen LogP contribution is 2.22. The van der Waals surface area contributed by atoms with E-state index in [1.54, 1.807) is 19.9 Å². The van der Waals surface area contributed by atoms with E-state index in [0.29, 0.717) is 5.75 Å². The van der Waals surface area contributed by atoms with Gasteiger partial charge in [-0.3, -0.25) is 10.1 Å². The second-order valence-corrected chi connectivity index (χ2v) is 4.51. The Morgan fingerprint density at radius 3 is 2.55 bits per heavy atom. The van der Waals surface area contributed by atoms with Gasteiger partial charge >= 0.3 is 12.1 Å². The molecule has 0 aromatic heterocycles. The average molecular weight is 291 g/mol. The molecule has 0 aliphatic rings. The summed E-state index contributed by atoms with van der Waals surface area (Å²) in [5.74, 6) is -0.964. The number of carboxylic acids is 1. The zero-order valence-electron chi connectivity index (χ0n) is 11.1. The SMILES string of the molecule is CC(C)Oc1cccc(C(NCC(F)(F)F)C(=O)O)c1. The van der Waals surface area contributed by atoms with Gasteiger partial charge in [0.15, 0.2) is 0 Å². The number of hydrogen-bond acceptors (Lipinski definition) is 3. The van der Waals surface area contributed by atoms with Crippen LogP contribution in [0, 0.1) is 0 Å². The van der Waals surface area contributed by atoms with E-state index in [1.807, 2.05) is 5.32 Å². The Morgan fingerprint density at radius 2 is 2.05 bits per heavy atom. The van der Waals surface area contributed by atoms with Gasteiger partial charge in [0.2, 0.25) is 0 Å². The minimum atomic E-state index is -4.47. The van der Waals surface area contributed by atoms with Crippen molar-refractivity contribution >= 4 is 5.97 Å². The molecule has 4 nitrogen and oxygen atoms in total. The lowest BCUT2D eigenvalue weighted by molar-refractivity contribution is -0.143. The molecule has 20 heavy (non-hydrogen) atoms. The third kappa shape index (κ3) is 5.48. The molecule has 1 aromatic rings. The maximum absolute atomic E-state index is 12.2. The van der Waals surface area contributed by atoms with Crippen LogP contribution in [0.3, 0.4) is 0 Å². The van der Waals surface area contributed by atoms with Gasteiger partial charge in [0.05, 0.1) is 12.6 Å². The molecule has 1 aromatic carbocycles. The summed E-state index contributed by atoms with van der Waals surface area (Å²) in [6.07, 6.45) is -4.59. The molecule has 0 aliphatic carbocycles. The molecule has 112 valence electrons. The van der Waals surface area contributed by atoms with Crippen LogP contribution in [0.5, 0.6) is 5.75 Å². The second-order valence-electron chi connectivity index (χ2n) is 4.51. The van der Waals surface area contributed by atoms with Crippen LogP contribution in [0.4, 0.5) is 13.2 Å². The minimum Gasteiger partial charge on any atom is -0.491 e. The molecule has 0 aliphatic heterocycles. The van der Waals surface area contributed by atoms with Crippen LogP contribution in [0.15, 0.2) is 24.3 Å². The van der Waals surface area contributed by atoms with Crippen LogP contribution in [-0.2, 0) is 4.79 Å². The predicted molar refractivity (Wildman–Crippen MR) is 66.6 cm³/mol. The standard InChI is InChI=1S/C13H16F3NO3/c1-8(2)20-10-5-3-4-9(6-10)11(12(18)19)17-7-13(14,15)16/h3-6,8,11,17H,7H2,1-2H3,(H,18,19). The topological polar surface area (TPSA) is 58.6 Å². The second kappa shape index (κ2) is 6.60. The van der Waals surface area contributed by atoms with Crippen molar-refractivity contribution in [3.8, 4) is 5.75 Å². The monoisotopic (exact) mass is 291 g/mol. The van der Waals surface area contributed by atoms with E-state index in [9.17, 15) is 18.0 Å². The summed E-state index contributed by atoms with van der Waals surface area (Å²) in [5, 5.41) is 11.0. The Kier molecular flexibility index (Phi) is 5.38. The van der Waals surface area contributed by atoms with E-state index in [4.69, 9.17) is 9.84 Å². The zero-order valence-corrected chi connectivity index (χ0v) is 11.1. The highest BCUT2D eigenvalue weighted by Gasteiger charge is 2.30. The number of carbonyl (C=O) groups is 1. The maximum Gasteiger partial charge on any atom is 0.401 e. The summed E-state index contributed by atoms with van der Waals surface area (Å²) in [7, 11) is 0. The summed E-state index contributed by atoms with van der Waals surface area (Å²) in [6, 6.07) is 4.58. The van der Waals surface area contributed by atoms with Gasteiger partial charge in [-0.05, 0) is 31.5 Å². The maximum atomic E-state index is 12.2. The Hall–Kier alpha value is -1.76. The predicted octanol–water partition coefficient (Wildman–Crippen LogP) is 2.75. The summed E-state index contributed by atoms with van der Waals surface area (Å²) in [6.45, 7) is 2.21. The Bertz CT molecular complexity index is 460. The number of rotatable bonds is 6. The smallest absolute Gasteiger partial charge is 0.401 e. The van der Waals surface area contributed by atoms with Crippen LogP contribution in [0.2, 0.25) is 0 Å². The van der Waals surface area contributed by atoms with Crippen LogP contribution in [0.1, 0.15) is 25.5 Å². The lowest BCUT2D eigenvalue weighted by Crippen LogP contribution is -2.36. The van der Waals surface area contributed by atoms with Gasteiger partial charge < -0.3 is 9.84 Å². The van der Waals surface area contributed by atoms with Crippen molar-refractivity contribution in [2.75, 3.05) is 6.54 Å². The highest BCUT2D eigenvalue weighted by molar-refractivity contribution is 5.75. The van der Waals surface area contributed by atoms with Gasteiger partial charge in [0, 0.05) is 0 Å². The molecule has 0 saturated heterocycles. The molecule has 1 atom stereocenters. The number of carboxylic acid groups (broad SMARTS) is 1. The first kappa shape index (κ1) is 16.3. The van der Waals surface area contributed by atoms with Crippen molar-refractivity contribution in [1.82, 2.24) is 5.32 Å². The fourth-order valence-electron chi connectivity index (χ4n) is 1.61. The zero-order chi connectivity index (χ0) is 15.3. The van der Waals surface area contributed by atoms with E-state index in [2.05, 4.69) is 0 Å². The first-order valence-electron chi connectivity index (χ1n) is 5.98. The van der Waals surface area contributed by atoms with Gasteiger partial charge in [0.25, 0.3) is 0 Å². The van der Waals surface area contributed by atoms with Gasteiger partial charge in [-0.1, -0.05) is 12.1 Å². The number of benzene rings is 1. The van der Waals surface area contributed by atoms with E-state index >= 15 is 0 Å². The number of halogens is 3. The summed E-state index contributed by atoms with van der Waals surface area (Å²) >= 11 is 0. The van der Waals surface area contributed by atoms with Crippen molar-refractivity contribution in [3.05, 3.63) is 29.8 Å². The third-order valence-corrected chi connectivity index (χ3v) is 2.32. The normalized spacial score (nSPS) is 13.3. The van der Waals surface area contributed by atoms with Crippen LogP contribution in [-0.4, -0.2) is 29.9 Å². The largest absolute Gasteiger partial charge is 0.491 e. The van der Waals surface area contributed by atoms with Crippen molar-refractivity contribution < 1.29 is 27.8 Å². The van der Waals surface area contributed by atoms with Gasteiger partial charge in [-0.15, -0.1) is 0 Å². The molecule has 0 radical (unpaired) electrons. The lowest BCUT2D eigenvalue weighted by Gasteiger charge is -2.17. The number of alkyl halides is 3. The molecule has 0 spiro atoms. The number of aliphatic carboxylic acids is 1. The van der Waals surface area contributed by atoms with Crippen molar-refractivity contribution in [1.29, 1.82) is 0 Å². The van der Waals surface area contributed by atoms with Crippen molar-refractivity contribution in [3.63, 3.8) is 0 Å². The Labute approximate surface area is 114 Å². The molecule has 0 bridgehead atoms. The molecular formula is C13H16F3NO3. The highest BCUT2D eigenvalue weighted by atomic mass is 19.4. The Balaban J connectivity index is 2.89. The molecule has 0 heterocycles. The summed E-state index contributed by atoms with van der Waals surface area (Å²) in [4.78, 5) is 11.1. The summed E-state index contributed by atoms with van der Waals surface area (Å²) < 4.78 is 41.9. The fourth-order valence-corrected chi connectivity index (χ4v) is 1.61. The lowest BCUT2D eigenvalue weighted by atomic mass is 10.1. The molecule has 0 fully saturated rings. The molecular weight excluding hydrogens is 275 g/mol. The van der Waals surface area contributed by atoms with Gasteiger partial charge in [-0.2, -0.15) is 13.2 Å². The van der Waals surface area contributed by atoms with Crippen molar-refractivity contribution in [2.24, 2.45) is 0 Å². The number of ether oxygens (including phenoxy) is 1. The molecule has 0 amide bonds. The fraction of sp³-hybridized carbons (Fsp3) is 0.462. The molecule has 1 rings (SSSR count). The van der Waals surface area contributed by atoms with E-state index < -0.39 is 24.7 Å². The molecule has 0 saturated carbocycles. The van der Waals surface area contributed by atoms with Crippen LogP contribution >= 0.6 is 0 Å². The van der Waals surface area contributed by atoms with Gasteiger partial charge in [0.1, 0.15) is 11.8 Å². The van der Waals surface area contributed by atoms with Crippen LogP contribution < -0.4 is 10.1 Å². The van der Waals surface area contributed by atoms with E-state index in [0.717, 1.165) is 0 Å². The van der Waals surface area contributed by atoms with Crippen molar-refractivity contribution in [2.45, 2.75) is 32.2 Å². The summed E-state index contributed by atoms with van der Waals surface area (Å²) in [5.41, 5.74) is 0.208. The molecule has 2 N–H and O–H groups in total. The number of nitrogens with one attached hydrogen (secondary N) is 1. The third-order valence-electron chi connectivity index (χ3n) is 2.32. The molecule has 1 unspecified atom stereocenters. The Morgan fingerprint density at radius 1 is 1.40 bits per heavy atom. The average Bonchev–Trinajstić information content (AvgIpc) is 2.26. The van der Waals surface area contributed by atoms with Gasteiger partial charge in [-0.25, -0.2) is 0 Å². The van der Waals surface area contributed by atoms with E-state index in [1.165, 1.54) is 18.2 Å². The minimum absolute atomic E-state index is 0.114. The van der Waals surface area contributed by atoms with E-state index in [-0.39, 0.29) is 11.7 Å².